The summed E-state index contributed by atoms with van der Waals surface area (Å²) in [5.41, 5.74) is 5.88. The predicted octanol–water partition coefficient (Wildman–Crippen LogP) is -0.928. The number of carbonyl (C=O) groups excluding carboxylic acids is 1. The molecule has 0 unspecified atom stereocenters. The molecule has 5 N–H and O–H groups in total. The highest BCUT2D eigenvalue weighted by Crippen LogP contribution is 2.18. The highest BCUT2D eigenvalue weighted by Gasteiger charge is 2.31. The molecule has 0 saturated carbocycles. The second-order valence-electron chi connectivity index (χ2n) is 5.60. The summed E-state index contributed by atoms with van der Waals surface area (Å²) in [6, 6.07) is 1.13. The molecule has 0 spiro atoms. The van der Waals surface area contributed by atoms with Gasteiger partial charge in [-0.15, -0.1) is 0 Å². The summed E-state index contributed by atoms with van der Waals surface area (Å²) >= 11 is 0. The molecule has 1 rings (SSSR count). The van der Waals surface area contributed by atoms with E-state index in [0.29, 0.717) is 38.8 Å². The molecule has 0 aromatic rings. The summed E-state index contributed by atoms with van der Waals surface area (Å²) in [7, 11) is -3.44. The Hall–Kier alpha value is -1.86. The number of rotatable bonds is 7. The van der Waals surface area contributed by atoms with Crippen molar-refractivity contribution in [2.45, 2.75) is 44.2 Å². The largest absolute Gasteiger partial charge is 0.356 e. The van der Waals surface area contributed by atoms with E-state index in [-0.39, 0.29) is 17.9 Å². The van der Waals surface area contributed by atoms with E-state index in [4.69, 9.17) is 16.4 Å². The van der Waals surface area contributed by atoms with Crippen molar-refractivity contribution in [2.24, 2.45) is 5.73 Å². The second kappa shape index (κ2) is 8.69. The van der Waals surface area contributed by atoms with E-state index >= 15 is 0 Å². The van der Waals surface area contributed by atoms with Crippen LogP contribution in [0.2, 0.25) is 0 Å². The van der Waals surface area contributed by atoms with Crippen LogP contribution >= 0.6 is 0 Å². The highest BCUT2D eigenvalue weighted by atomic mass is 32.2. The molecule has 9 nitrogen and oxygen atoms in total. The lowest BCUT2D eigenvalue weighted by atomic mass is 10.1. The van der Waals surface area contributed by atoms with Gasteiger partial charge in [-0.2, -0.15) is 5.26 Å². The summed E-state index contributed by atoms with van der Waals surface area (Å²) in [5.74, 6) is -0.463. The van der Waals surface area contributed by atoms with Gasteiger partial charge < -0.3 is 16.0 Å². The van der Waals surface area contributed by atoms with E-state index in [0.717, 1.165) is 12.7 Å². The first-order valence-electron chi connectivity index (χ1n) is 7.50. The monoisotopic (exact) mass is 344 g/mol. The second-order valence-corrected chi connectivity index (χ2v) is 7.35. The van der Waals surface area contributed by atoms with Gasteiger partial charge in [0.1, 0.15) is 6.04 Å². The normalized spacial score (nSPS) is 19.0. The van der Waals surface area contributed by atoms with Crippen molar-refractivity contribution in [3.8, 4) is 6.07 Å². The van der Waals surface area contributed by atoms with Crippen molar-refractivity contribution in [2.75, 3.05) is 19.3 Å². The first-order chi connectivity index (χ1) is 10.7. The lowest BCUT2D eigenvalue weighted by molar-refractivity contribution is -0.132. The molecule has 1 aliphatic heterocycles. The van der Waals surface area contributed by atoms with Gasteiger partial charge in [-0.1, -0.05) is 0 Å². The van der Waals surface area contributed by atoms with E-state index in [1.165, 1.54) is 0 Å². The fourth-order valence-electron chi connectivity index (χ4n) is 2.43. The highest BCUT2D eigenvalue weighted by molar-refractivity contribution is 7.89. The van der Waals surface area contributed by atoms with Gasteiger partial charge in [0.15, 0.2) is 0 Å². The number of nitrogens with zero attached hydrogens (tertiary/aromatic N) is 2. The Kier molecular flexibility index (Phi) is 7.25. The Labute approximate surface area is 136 Å². The molecule has 1 saturated heterocycles. The minimum Gasteiger partial charge on any atom is -0.356 e. The number of amides is 1. The summed E-state index contributed by atoms with van der Waals surface area (Å²) in [6.45, 7) is 0.993. The molecular formula is C13H24N6O3S. The molecule has 1 fully saturated rings. The van der Waals surface area contributed by atoms with E-state index in [9.17, 15) is 13.2 Å². The van der Waals surface area contributed by atoms with E-state index in [2.05, 4.69) is 11.4 Å². The fraction of sp³-hybridized carbons (Fsp3) is 0.769. The summed E-state index contributed by atoms with van der Waals surface area (Å²) < 4.78 is 23.8. The number of hydrogen-bond donors (Lipinski definition) is 4. The number of carbonyl (C=O) groups is 1. The third-order valence-electron chi connectivity index (χ3n) is 3.53. The topological polar surface area (TPSA) is 152 Å². The first kappa shape index (κ1) is 19.2. The van der Waals surface area contributed by atoms with E-state index < -0.39 is 16.1 Å². The van der Waals surface area contributed by atoms with E-state index in [1.54, 1.807) is 4.90 Å². The van der Waals surface area contributed by atoms with Gasteiger partial charge in [0.05, 0.1) is 18.4 Å². The molecule has 10 heteroatoms. The lowest BCUT2D eigenvalue weighted by Gasteiger charge is -2.23. The fourth-order valence-corrected chi connectivity index (χ4v) is 2.87. The van der Waals surface area contributed by atoms with Crippen LogP contribution in [0.15, 0.2) is 0 Å². The third kappa shape index (κ3) is 6.83. The number of unbranched alkanes of at least 4 members (excludes halogenated alkanes) is 1. The third-order valence-corrected chi connectivity index (χ3v) is 4.11. The quantitative estimate of drug-likeness (QED) is 0.266. The van der Waals surface area contributed by atoms with Crippen LogP contribution in [-0.2, 0) is 14.8 Å². The van der Waals surface area contributed by atoms with Gasteiger partial charge in [0, 0.05) is 13.1 Å². The maximum atomic E-state index is 12.2. The zero-order valence-electron chi connectivity index (χ0n) is 13.2. The van der Waals surface area contributed by atoms with Crippen molar-refractivity contribution in [3.63, 3.8) is 0 Å². The molecule has 130 valence electrons. The molecule has 2 atom stereocenters. The van der Waals surface area contributed by atoms with Crippen molar-refractivity contribution in [3.05, 3.63) is 0 Å². The Balaban J connectivity index is 2.22. The molecule has 0 aromatic carbocycles. The molecule has 0 bridgehead atoms. The number of nitrogens with two attached hydrogens (primary N) is 1. The average molecular weight is 344 g/mol. The van der Waals surface area contributed by atoms with Crippen molar-refractivity contribution in [1.82, 2.24) is 14.9 Å². The van der Waals surface area contributed by atoms with Crippen LogP contribution in [0.5, 0.6) is 0 Å². The molecule has 0 aromatic heterocycles. The van der Waals surface area contributed by atoms with Crippen molar-refractivity contribution in [1.29, 1.82) is 10.7 Å². The van der Waals surface area contributed by atoms with Crippen LogP contribution in [0.3, 0.4) is 0 Å². The number of likely N-dealkylation sites (tertiary alicyclic amines) is 1. The van der Waals surface area contributed by atoms with Gasteiger partial charge in [-0.25, -0.2) is 8.42 Å². The first-order valence-corrected chi connectivity index (χ1v) is 9.39. The van der Waals surface area contributed by atoms with Crippen LogP contribution in [0.25, 0.3) is 0 Å². The molecule has 1 amide bonds. The molecule has 0 radical (unpaired) electrons. The standard InChI is InChI=1S/C13H24N6O3S/c1-23(21,22)18-13(16)17-7-3-2-6-11(15)12(20)19-8-4-5-10(19)9-14/h10-11H,2-8,15H2,1H3,(H3,16,17,18)/t10-,11-/m0/s1. The molecule has 23 heavy (non-hydrogen) atoms. The van der Waals surface area contributed by atoms with Crippen LogP contribution in [0.1, 0.15) is 32.1 Å². The van der Waals surface area contributed by atoms with Gasteiger partial charge >= 0.3 is 0 Å². The van der Waals surface area contributed by atoms with Gasteiger partial charge in [-0.3, -0.25) is 14.9 Å². The average Bonchev–Trinajstić information content (AvgIpc) is 2.92. The predicted molar refractivity (Wildman–Crippen MR) is 85.9 cm³/mol. The maximum Gasteiger partial charge on any atom is 0.240 e. The number of sulfonamides is 1. The zero-order valence-corrected chi connectivity index (χ0v) is 14.0. The van der Waals surface area contributed by atoms with Gasteiger partial charge in [0.2, 0.25) is 21.9 Å². The van der Waals surface area contributed by atoms with Crippen molar-refractivity contribution >= 4 is 21.9 Å². The number of nitriles is 1. The SMILES string of the molecule is CS(=O)(=O)NC(=N)NCCCC[C@H](N)C(=O)N1CCC[C@H]1C#N. The number of hydrogen-bond acceptors (Lipinski definition) is 6. The Morgan fingerprint density at radius 2 is 2.22 bits per heavy atom. The Bertz CT molecular complexity index is 571. The van der Waals surface area contributed by atoms with Crippen LogP contribution in [0.4, 0.5) is 0 Å². The molecule has 0 aliphatic carbocycles. The zero-order chi connectivity index (χ0) is 17.5. The van der Waals surface area contributed by atoms with Gasteiger partial charge in [0.25, 0.3) is 0 Å². The van der Waals surface area contributed by atoms with Crippen LogP contribution in [-0.4, -0.2) is 56.6 Å². The minimum atomic E-state index is -3.44. The molecule has 1 aliphatic rings. The maximum absolute atomic E-state index is 12.2. The minimum absolute atomic E-state index is 0.187. The van der Waals surface area contributed by atoms with E-state index in [1.807, 2.05) is 4.72 Å². The summed E-state index contributed by atoms with van der Waals surface area (Å²) in [6.07, 6.45) is 4.31. The Morgan fingerprint density at radius 3 is 2.83 bits per heavy atom. The summed E-state index contributed by atoms with van der Waals surface area (Å²) in [5, 5.41) is 19.0. The van der Waals surface area contributed by atoms with Crippen LogP contribution in [0, 0.1) is 16.7 Å². The van der Waals surface area contributed by atoms with Crippen molar-refractivity contribution < 1.29 is 13.2 Å². The lowest BCUT2D eigenvalue weighted by Crippen LogP contribution is -2.45. The van der Waals surface area contributed by atoms with Crippen LogP contribution < -0.4 is 15.8 Å². The summed E-state index contributed by atoms with van der Waals surface area (Å²) in [4.78, 5) is 13.7. The smallest absolute Gasteiger partial charge is 0.240 e. The number of nitrogens with one attached hydrogen (secondary N) is 3. The Morgan fingerprint density at radius 1 is 1.52 bits per heavy atom. The molecular weight excluding hydrogens is 320 g/mol. The molecule has 1 heterocycles. The van der Waals surface area contributed by atoms with Gasteiger partial charge in [-0.05, 0) is 32.1 Å². The number of guanidine groups is 1.